The van der Waals surface area contributed by atoms with Crippen LogP contribution in [0.4, 0.5) is 0 Å². The zero-order chi connectivity index (χ0) is 23.3. The van der Waals surface area contributed by atoms with Gasteiger partial charge in [-0.05, 0) is 69.4 Å². The molecule has 0 atom stereocenters. The number of rotatable bonds is 1. The highest BCUT2D eigenvalue weighted by atomic mass is 16.3. The van der Waals surface area contributed by atoms with Crippen molar-refractivity contribution >= 4 is 43.7 Å². The second-order valence-electron chi connectivity index (χ2n) is 10.1. The standard InChI is InChI=1S/C32H22N2O/c1-32(2)24-12-14-28-31(30(24)23-15-19-7-3-4-8-20(19)16-25(23)32)22-9-5-6-10-27(22)34(28)21-11-13-26-29(17-21)35-18-33-26/h3-18H,1-2H3. The first kappa shape index (κ1) is 19.0. The van der Waals surface area contributed by atoms with E-state index in [1.807, 2.05) is 6.07 Å². The lowest BCUT2D eigenvalue weighted by Gasteiger charge is -2.22. The first-order valence-electron chi connectivity index (χ1n) is 12.1. The molecule has 0 saturated heterocycles. The number of oxazole rings is 1. The molecule has 166 valence electrons. The summed E-state index contributed by atoms with van der Waals surface area (Å²) in [6.07, 6.45) is 1.51. The van der Waals surface area contributed by atoms with Crippen molar-refractivity contribution in [1.29, 1.82) is 0 Å². The van der Waals surface area contributed by atoms with Gasteiger partial charge in [-0.1, -0.05) is 62.4 Å². The summed E-state index contributed by atoms with van der Waals surface area (Å²) in [5, 5.41) is 5.17. The molecule has 2 aromatic heterocycles. The number of hydrogen-bond donors (Lipinski definition) is 0. The van der Waals surface area contributed by atoms with Gasteiger partial charge < -0.3 is 8.98 Å². The molecule has 0 unspecified atom stereocenters. The third-order valence-electron chi connectivity index (χ3n) is 7.91. The van der Waals surface area contributed by atoms with Crippen LogP contribution in [0.3, 0.4) is 0 Å². The number of fused-ring (bicyclic) bond motifs is 9. The fourth-order valence-electron chi connectivity index (χ4n) is 6.23. The molecule has 3 nitrogen and oxygen atoms in total. The van der Waals surface area contributed by atoms with Crippen LogP contribution in [-0.4, -0.2) is 9.55 Å². The maximum Gasteiger partial charge on any atom is 0.181 e. The zero-order valence-corrected chi connectivity index (χ0v) is 19.5. The van der Waals surface area contributed by atoms with Crippen LogP contribution in [0.25, 0.3) is 60.5 Å². The number of benzene rings is 5. The molecule has 0 N–H and O–H groups in total. The minimum absolute atomic E-state index is 0.0646. The van der Waals surface area contributed by atoms with E-state index in [1.54, 1.807) is 0 Å². The molecule has 0 radical (unpaired) electrons. The van der Waals surface area contributed by atoms with Gasteiger partial charge in [0, 0.05) is 22.3 Å². The van der Waals surface area contributed by atoms with Crippen molar-refractivity contribution in [3.05, 3.63) is 109 Å². The lowest BCUT2D eigenvalue weighted by molar-refractivity contribution is 0.602. The van der Waals surface area contributed by atoms with Crippen LogP contribution in [0.15, 0.2) is 102 Å². The van der Waals surface area contributed by atoms with Crippen molar-refractivity contribution in [3.8, 4) is 16.8 Å². The topological polar surface area (TPSA) is 31.0 Å². The van der Waals surface area contributed by atoms with Gasteiger partial charge in [0.15, 0.2) is 12.0 Å². The molecule has 0 saturated carbocycles. The Morgan fingerprint density at radius 2 is 1.54 bits per heavy atom. The number of nitrogens with zero attached hydrogens (tertiary/aromatic N) is 2. The average molecular weight is 451 g/mol. The Bertz CT molecular complexity index is 1990. The second-order valence-corrected chi connectivity index (χ2v) is 10.1. The molecule has 2 heterocycles. The molecule has 5 aromatic carbocycles. The molecule has 7 aromatic rings. The van der Waals surface area contributed by atoms with E-state index in [1.165, 1.54) is 61.2 Å². The Kier molecular flexibility index (Phi) is 3.47. The molecule has 0 aliphatic heterocycles. The van der Waals surface area contributed by atoms with Crippen molar-refractivity contribution in [3.63, 3.8) is 0 Å². The van der Waals surface area contributed by atoms with E-state index in [4.69, 9.17) is 4.42 Å². The molecule has 0 amide bonds. The second kappa shape index (κ2) is 6.39. The van der Waals surface area contributed by atoms with Crippen LogP contribution in [0.5, 0.6) is 0 Å². The van der Waals surface area contributed by atoms with E-state index in [9.17, 15) is 0 Å². The smallest absolute Gasteiger partial charge is 0.181 e. The molecule has 35 heavy (non-hydrogen) atoms. The molecular formula is C32H22N2O. The fraction of sp³-hybridized carbons (Fsp3) is 0.0938. The normalized spacial score (nSPS) is 14.2. The van der Waals surface area contributed by atoms with Gasteiger partial charge in [0.25, 0.3) is 0 Å². The van der Waals surface area contributed by atoms with Gasteiger partial charge in [0.2, 0.25) is 0 Å². The molecule has 8 rings (SSSR count). The van der Waals surface area contributed by atoms with Crippen molar-refractivity contribution < 1.29 is 4.42 Å². The van der Waals surface area contributed by atoms with Gasteiger partial charge in [0.1, 0.15) is 5.52 Å². The number of para-hydroxylation sites is 1. The van der Waals surface area contributed by atoms with E-state index in [0.717, 1.165) is 16.8 Å². The van der Waals surface area contributed by atoms with Gasteiger partial charge in [-0.3, -0.25) is 0 Å². The van der Waals surface area contributed by atoms with Crippen molar-refractivity contribution in [2.75, 3.05) is 0 Å². The molecular weight excluding hydrogens is 428 g/mol. The van der Waals surface area contributed by atoms with Gasteiger partial charge in [-0.2, -0.15) is 0 Å². The monoisotopic (exact) mass is 450 g/mol. The molecule has 1 aliphatic carbocycles. The van der Waals surface area contributed by atoms with Gasteiger partial charge >= 0.3 is 0 Å². The predicted molar refractivity (Wildman–Crippen MR) is 143 cm³/mol. The zero-order valence-electron chi connectivity index (χ0n) is 19.5. The Hall–Kier alpha value is -4.37. The first-order chi connectivity index (χ1) is 17.1. The van der Waals surface area contributed by atoms with E-state index in [0.29, 0.717) is 0 Å². The first-order valence-corrected chi connectivity index (χ1v) is 12.1. The van der Waals surface area contributed by atoms with Gasteiger partial charge in [0.05, 0.1) is 16.7 Å². The van der Waals surface area contributed by atoms with E-state index < -0.39 is 0 Å². The van der Waals surface area contributed by atoms with E-state index >= 15 is 0 Å². The highest BCUT2D eigenvalue weighted by Crippen LogP contribution is 2.54. The summed E-state index contributed by atoms with van der Waals surface area (Å²) in [6, 6.07) is 33.1. The summed E-state index contributed by atoms with van der Waals surface area (Å²) < 4.78 is 8.01. The lowest BCUT2D eigenvalue weighted by Crippen LogP contribution is -2.14. The Balaban J connectivity index is 1.54. The van der Waals surface area contributed by atoms with Crippen molar-refractivity contribution in [2.24, 2.45) is 0 Å². The van der Waals surface area contributed by atoms with Crippen LogP contribution < -0.4 is 0 Å². The largest absolute Gasteiger partial charge is 0.443 e. The summed E-state index contributed by atoms with van der Waals surface area (Å²) in [4.78, 5) is 4.30. The maximum absolute atomic E-state index is 5.64. The summed E-state index contributed by atoms with van der Waals surface area (Å²) in [6.45, 7) is 4.71. The molecule has 0 spiro atoms. The quantitative estimate of drug-likeness (QED) is 0.251. The minimum Gasteiger partial charge on any atom is -0.443 e. The van der Waals surface area contributed by atoms with Crippen LogP contribution >= 0.6 is 0 Å². The number of hydrogen-bond acceptors (Lipinski definition) is 2. The van der Waals surface area contributed by atoms with Crippen LogP contribution in [0.2, 0.25) is 0 Å². The summed E-state index contributed by atoms with van der Waals surface area (Å²) in [7, 11) is 0. The third kappa shape index (κ3) is 2.37. The lowest BCUT2D eigenvalue weighted by atomic mass is 9.81. The number of aromatic nitrogens is 2. The van der Waals surface area contributed by atoms with E-state index in [-0.39, 0.29) is 5.41 Å². The van der Waals surface area contributed by atoms with Crippen LogP contribution in [-0.2, 0) is 5.41 Å². The molecule has 3 heteroatoms. The van der Waals surface area contributed by atoms with Crippen molar-refractivity contribution in [1.82, 2.24) is 9.55 Å². The molecule has 0 bridgehead atoms. The Morgan fingerprint density at radius 3 is 2.43 bits per heavy atom. The minimum atomic E-state index is -0.0646. The Morgan fingerprint density at radius 1 is 0.743 bits per heavy atom. The third-order valence-corrected chi connectivity index (χ3v) is 7.91. The maximum atomic E-state index is 5.64. The van der Waals surface area contributed by atoms with Gasteiger partial charge in [-0.15, -0.1) is 0 Å². The summed E-state index contributed by atoms with van der Waals surface area (Å²) >= 11 is 0. The Labute approximate surface area is 202 Å². The van der Waals surface area contributed by atoms with Crippen LogP contribution in [0, 0.1) is 0 Å². The highest BCUT2D eigenvalue weighted by Gasteiger charge is 2.37. The van der Waals surface area contributed by atoms with Gasteiger partial charge in [-0.25, -0.2) is 4.98 Å². The molecule has 0 fully saturated rings. The highest BCUT2D eigenvalue weighted by molar-refractivity contribution is 6.18. The van der Waals surface area contributed by atoms with Crippen molar-refractivity contribution in [2.45, 2.75) is 19.3 Å². The fourth-order valence-corrected chi connectivity index (χ4v) is 6.23. The van der Waals surface area contributed by atoms with E-state index in [2.05, 4.69) is 108 Å². The summed E-state index contributed by atoms with van der Waals surface area (Å²) in [5.41, 5.74) is 10.6. The molecule has 1 aliphatic rings. The predicted octanol–water partition coefficient (Wildman–Crippen LogP) is 8.38. The SMILES string of the molecule is CC1(C)c2cc3ccccc3cc2-c2c1ccc1c2c2ccccc2n1-c1ccc2ncoc2c1. The summed E-state index contributed by atoms with van der Waals surface area (Å²) in [5.74, 6) is 0. The average Bonchev–Trinajstić information content (AvgIpc) is 3.54. The van der Waals surface area contributed by atoms with Crippen LogP contribution in [0.1, 0.15) is 25.0 Å².